The minimum atomic E-state index is -0.409. The molecular formula is C12H23N5O3. The second-order valence-corrected chi connectivity index (χ2v) is 5.10. The van der Waals surface area contributed by atoms with Crippen LogP contribution in [-0.4, -0.2) is 45.5 Å². The fourth-order valence-electron chi connectivity index (χ4n) is 1.88. The molecule has 1 aromatic rings. The van der Waals surface area contributed by atoms with Crippen LogP contribution in [0.5, 0.6) is 0 Å². The Morgan fingerprint density at radius 1 is 1.40 bits per heavy atom. The van der Waals surface area contributed by atoms with Crippen LogP contribution in [0.15, 0.2) is 0 Å². The highest BCUT2D eigenvalue weighted by atomic mass is 16.6. The van der Waals surface area contributed by atoms with E-state index in [1.807, 2.05) is 13.8 Å². The number of anilines is 1. The van der Waals surface area contributed by atoms with E-state index in [-0.39, 0.29) is 11.6 Å². The Bertz CT molecular complexity index is 456. The minimum Gasteiger partial charge on any atom is -0.392 e. The molecule has 1 unspecified atom stereocenters. The molecule has 0 aliphatic heterocycles. The lowest BCUT2D eigenvalue weighted by atomic mass is 10.1. The molecule has 0 fully saturated rings. The first-order valence-corrected chi connectivity index (χ1v) is 6.68. The number of aliphatic hydroxyl groups excluding tert-OH is 1. The van der Waals surface area contributed by atoms with Crippen molar-refractivity contribution in [1.29, 1.82) is 0 Å². The van der Waals surface area contributed by atoms with E-state index in [0.29, 0.717) is 31.1 Å². The SMILES string of the molecule is CC(O)CNCCNc1c([N+](=O)[O-])c(C(C)C)nn1C. The van der Waals surface area contributed by atoms with E-state index in [2.05, 4.69) is 15.7 Å². The number of hydrogen-bond acceptors (Lipinski definition) is 6. The van der Waals surface area contributed by atoms with Crippen molar-refractivity contribution in [3.05, 3.63) is 15.8 Å². The van der Waals surface area contributed by atoms with Gasteiger partial charge in [-0.15, -0.1) is 0 Å². The van der Waals surface area contributed by atoms with E-state index < -0.39 is 11.0 Å². The van der Waals surface area contributed by atoms with Crippen LogP contribution in [0, 0.1) is 10.1 Å². The molecule has 1 heterocycles. The predicted octanol–water partition coefficient (Wildman–Crippen LogP) is 0.834. The van der Waals surface area contributed by atoms with E-state index in [4.69, 9.17) is 5.11 Å². The highest BCUT2D eigenvalue weighted by Crippen LogP contribution is 2.32. The van der Waals surface area contributed by atoms with Gasteiger partial charge in [0.1, 0.15) is 5.69 Å². The first-order chi connectivity index (χ1) is 9.34. The number of nitrogens with zero attached hydrogens (tertiary/aromatic N) is 3. The smallest absolute Gasteiger partial charge is 0.334 e. The van der Waals surface area contributed by atoms with Crippen molar-refractivity contribution in [3.63, 3.8) is 0 Å². The van der Waals surface area contributed by atoms with E-state index in [0.717, 1.165) is 0 Å². The number of nitro groups is 1. The Hall–Kier alpha value is -1.67. The van der Waals surface area contributed by atoms with Gasteiger partial charge < -0.3 is 15.7 Å². The average molecular weight is 285 g/mol. The maximum atomic E-state index is 11.2. The molecule has 0 saturated carbocycles. The number of nitrogens with one attached hydrogen (secondary N) is 2. The van der Waals surface area contributed by atoms with E-state index in [1.165, 1.54) is 4.68 Å². The zero-order chi connectivity index (χ0) is 15.3. The maximum absolute atomic E-state index is 11.2. The number of aryl methyl sites for hydroxylation is 1. The molecule has 0 saturated heterocycles. The molecule has 0 radical (unpaired) electrons. The molecule has 0 aliphatic carbocycles. The molecule has 8 heteroatoms. The molecule has 1 rings (SSSR count). The van der Waals surface area contributed by atoms with Crippen molar-refractivity contribution in [1.82, 2.24) is 15.1 Å². The van der Waals surface area contributed by atoms with Crippen molar-refractivity contribution in [2.24, 2.45) is 7.05 Å². The summed E-state index contributed by atoms with van der Waals surface area (Å²) in [6, 6.07) is 0. The van der Waals surface area contributed by atoms with Crippen LogP contribution in [0.3, 0.4) is 0 Å². The number of rotatable bonds is 8. The summed E-state index contributed by atoms with van der Waals surface area (Å²) in [6.45, 7) is 7.06. The van der Waals surface area contributed by atoms with Crippen molar-refractivity contribution in [2.45, 2.75) is 32.8 Å². The minimum absolute atomic E-state index is 0.00878. The zero-order valence-electron chi connectivity index (χ0n) is 12.4. The van der Waals surface area contributed by atoms with Crippen molar-refractivity contribution < 1.29 is 10.0 Å². The van der Waals surface area contributed by atoms with Crippen LogP contribution in [0.25, 0.3) is 0 Å². The van der Waals surface area contributed by atoms with Crippen molar-refractivity contribution in [2.75, 3.05) is 25.0 Å². The van der Waals surface area contributed by atoms with E-state index in [9.17, 15) is 10.1 Å². The van der Waals surface area contributed by atoms with E-state index >= 15 is 0 Å². The summed E-state index contributed by atoms with van der Waals surface area (Å²) in [5.74, 6) is 0.406. The molecule has 0 spiro atoms. The van der Waals surface area contributed by atoms with Crippen LogP contribution in [0.2, 0.25) is 0 Å². The first kappa shape index (κ1) is 16.4. The zero-order valence-corrected chi connectivity index (χ0v) is 12.4. The van der Waals surface area contributed by atoms with Crippen LogP contribution in [0.1, 0.15) is 32.4 Å². The summed E-state index contributed by atoms with van der Waals surface area (Å²) in [5.41, 5.74) is 0.523. The summed E-state index contributed by atoms with van der Waals surface area (Å²) in [5, 5.41) is 30.6. The van der Waals surface area contributed by atoms with Gasteiger partial charge in [0.15, 0.2) is 0 Å². The molecular weight excluding hydrogens is 262 g/mol. The Labute approximate surface area is 118 Å². The monoisotopic (exact) mass is 285 g/mol. The van der Waals surface area contributed by atoms with Gasteiger partial charge in [0.25, 0.3) is 0 Å². The van der Waals surface area contributed by atoms with Crippen LogP contribution < -0.4 is 10.6 Å². The third kappa shape index (κ3) is 4.17. The van der Waals surface area contributed by atoms with Gasteiger partial charge in [-0.1, -0.05) is 13.8 Å². The standard InChI is InChI=1S/C12H23N5O3/c1-8(2)10-11(17(19)20)12(16(4)15-10)14-6-5-13-7-9(3)18/h8-9,13-14,18H,5-7H2,1-4H3. The Balaban J connectivity index is 2.72. The molecule has 1 atom stereocenters. The topological polar surface area (TPSA) is 105 Å². The van der Waals surface area contributed by atoms with Gasteiger partial charge in [0.05, 0.1) is 11.0 Å². The Morgan fingerprint density at radius 2 is 2.05 bits per heavy atom. The average Bonchev–Trinajstić information content (AvgIpc) is 2.66. The molecule has 0 aromatic carbocycles. The molecule has 0 aliphatic rings. The highest BCUT2D eigenvalue weighted by Gasteiger charge is 2.28. The van der Waals surface area contributed by atoms with Gasteiger partial charge in [0, 0.05) is 32.6 Å². The Morgan fingerprint density at radius 3 is 2.55 bits per heavy atom. The summed E-state index contributed by atoms with van der Waals surface area (Å²) < 4.78 is 1.50. The van der Waals surface area contributed by atoms with Crippen molar-refractivity contribution in [3.8, 4) is 0 Å². The third-order valence-electron chi connectivity index (χ3n) is 2.81. The molecule has 114 valence electrons. The van der Waals surface area contributed by atoms with Gasteiger partial charge in [-0.05, 0) is 6.92 Å². The first-order valence-electron chi connectivity index (χ1n) is 6.68. The van der Waals surface area contributed by atoms with Gasteiger partial charge >= 0.3 is 5.69 Å². The lowest BCUT2D eigenvalue weighted by Gasteiger charge is -2.08. The normalized spacial score (nSPS) is 12.7. The van der Waals surface area contributed by atoms with Crippen LogP contribution in [0.4, 0.5) is 11.5 Å². The second kappa shape index (κ2) is 7.20. The van der Waals surface area contributed by atoms with Gasteiger partial charge in [-0.25, -0.2) is 4.68 Å². The largest absolute Gasteiger partial charge is 0.392 e. The van der Waals surface area contributed by atoms with Gasteiger partial charge in [-0.3, -0.25) is 10.1 Å². The fraction of sp³-hybridized carbons (Fsp3) is 0.750. The summed E-state index contributed by atoms with van der Waals surface area (Å²) in [6.07, 6.45) is -0.409. The fourth-order valence-corrected chi connectivity index (χ4v) is 1.88. The molecule has 20 heavy (non-hydrogen) atoms. The molecule has 3 N–H and O–H groups in total. The quantitative estimate of drug-likeness (QED) is 0.371. The number of aromatic nitrogens is 2. The molecule has 8 nitrogen and oxygen atoms in total. The van der Waals surface area contributed by atoms with Crippen LogP contribution in [-0.2, 0) is 7.05 Å². The predicted molar refractivity (Wildman–Crippen MR) is 77.0 cm³/mol. The summed E-state index contributed by atoms with van der Waals surface area (Å²) in [7, 11) is 1.68. The maximum Gasteiger partial charge on any atom is 0.334 e. The van der Waals surface area contributed by atoms with Crippen molar-refractivity contribution >= 4 is 11.5 Å². The number of aliphatic hydroxyl groups is 1. The third-order valence-corrected chi connectivity index (χ3v) is 2.81. The van der Waals surface area contributed by atoms with E-state index in [1.54, 1.807) is 14.0 Å². The lowest BCUT2D eigenvalue weighted by Crippen LogP contribution is -2.29. The molecule has 0 bridgehead atoms. The summed E-state index contributed by atoms with van der Waals surface area (Å²) in [4.78, 5) is 10.8. The second-order valence-electron chi connectivity index (χ2n) is 5.10. The van der Waals surface area contributed by atoms with Gasteiger partial charge in [-0.2, -0.15) is 5.10 Å². The van der Waals surface area contributed by atoms with Crippen LogP contribution >= 0.6 is 0 Å². The highest BCUT2D eigenvalue weighted by molar-refractivity contribution is 5.60. The molecule has 1 aromatic heterocycles. The number of hydrogen-bond donors (Lipinski definition) is 3. The van der Waals surface area contributed by atoms with Gasteiger partial charge in [0.2, 0.25) is 5.82 Å². The Kier molecular flexibility index (Phi) is 5.90. The molecule has 0 amide bonds. The lowest BCUT2D eigenvalue weighted by molar-refractivity contribution is -0.384. The summed E-state index contributed by atoms with van der Waals surface area (Å²) >= 11 is 0.